The van der Waals surface area contributed by atoms with Crippen LogP contribution < -0.4 is 5.32 Å². The lowest BCUT2D eigenvalue weighted by Crippen LogP contribution is -2.61. The zero-order chi connectivity index (χ0) is 21.1. The van der Waals surface area contributed by atoms with E-state index in [0.29, 0.717) is 18.0 Å². The van der Waals surface area contributed by atoms with Gasteiger partial charge in [-0.15, -0.1) is 0 Å². The van der Waals surface area contributed by atoms with E-state index >= 15 is 0 Å². The van der Waals surface area contributed by atoms with Crippen LogP contribution in [0.4, 0.5) is 0 Å². The molecule has 1 heterocycles. The van der Waals surface area contributed by atoms with Crippen molar-refractivity contribution in [1.29, 1.82) is 0 Å². The highest BCUT2D eigenvalue weighted by Crippen LogP contribution is 2.55. The van der Waals surface area contributed by atoms with Crippen LogP contribution in [0.2, 0.25) is 5.02 Å². The number of nitrogens with one attached hydrogen (secondary N) is 1. The molecule has 1 unspecified atom stereocenters. The molecule has 5 nitrogen and oxygen atoms in total. The molecule has 7 heteroatoms. The first-order valence-corrected chi connectivity index (χ1v) is 13.1. The maximum absolute atomic E-state index is 13.2. The van der Waals surface area contributed by atoms with Crippen molar-refractivity contribution in [1.82, 2.24) is 9.62 Å². The van der Waals surface area contributed by atoms with Crippen LogP contribution in [0.15, 0.2) is 23.1 Å². The van der Waals surface area contributed by atoms with E-state index in [1.165, 1.54) is 29.6 Å². The first-order valence-electron chi connectivity index (χ1n) is 11.3. The Kier molecular flexibility index (Phi) is 5.19. The molecule has 5 fully saturated rings. The topological polar surface area (TPSA) is 66.5 Å². The van der Waals surface area contributed by atoms with Crippen molar-refractivity contribution in [3.05, 3.63) is 28.8 Å². The van der Waals surface area contributed by atoms with E-state index in [2.05, 4.69) is 5.32 Å². The van der Waals surface area contributed by atoms with Gasteiger partial charge in [-0.3, -0.25) is 4.79 Å². The van der Waals surface area contributed by atoms with Crippen molar-refractivity contribution in [3.63, 3.8) is 0 Å². The number of nitrogens with zero attached hydrogens (tertiary/aromatic N) is 1. The highest BCUT2D eigenvalue weighted by Gasteiger charge is 2.52. The molecule has 1 aliphatic heterocycles. The highest BCUT2D eigenvalue weighted by molar-refractivity contribution is 7.89. The second kappa shape index (κ2) is 7.49. The van der Waals surface area contributed by atoms with E-state index in [4.69, 9.17) is 11.6 Å². The molecule has 1 amide bonds. The van der Waals surface area contributed by atoms with Crippen molar-refractivity contribution in [2.45, 2.75) is 68.7 Å². The number of hydrogen-bond donors (Lipinski definition) is 1. The number of benzene rings is 1. The molecule has 30 heavy (non-hydrogen) atoms. The number of carbonyl (C=O) groups excluding carboxylic acids is 1. The van der Waals surface area contributed by atoms with Crippen LogP contribution in [0.25, 0.3) is 0 Å². The van der Waals surface area contributed by atoms with Crippen LogP contribution in [0, 0.1) is 30.6 Å². The number of carbonyl (C=O) groups is 1. The summed E-state index contributed by atoms with van der Waals surface area (Å²) in [5.41, 5.74) is 0.819. The van der Waals surface area contributed by atoms with Crippen LogP contribution in [0.5, 0.6) is 0 Å². The SMILES string of the molecule is Cc1ccc(S(=O)(=O)N2CCCC(C(=O)NC34CC5CC(CC(C5)C3)C4)C2)cc1Cl. The summed E-state index contributed by atoms with van der Waals surface area (Å²) < 4.78 is 27.8. The molecule has 4 aliphatic carbocycles. The lowest BCUT2D eigenvalue weighted by Gasteiger charge is -2.57. The third-order valence-electron chi connectivity index (χ3n) is 7.96. The lowest BCUT2D eigenvalue weighted by atomic mass is 9.53. The van der Waals surface area contributed by atoms with Gasteiger partial charge in [0.05, 0.1) is 10.8 Å². The van der Waals surface area contributed by atoms with E-state index in [-0.39, 0.29) is 28.8 Å². The average Bonchev–Trinajstić information content (AvgIpc) is 2.68. The highest BCUT2D eigenvalue weighted by atomic mass is 35.5. The summed E-state index contributed by atoms with van der Waals surface area (Å²) in [5.74, 6) is 2.09. The molecule has 1 aromatic rings. The molecular weight excluding hydrogens is 420 g/mol. The summed E-state index contributed by atoms with van der Waals surface area (Å²) in [6.07, 6.45) is 8.80. The quantitative estimate of drug-likeness (QED) is 0.749. The van der Waals surface area contributed by atoms with E-state index in [1.54, 1.807) is 12.1 Å². The zero-order valence-corrected chi connectivity index (χ0v) is 19.1. The molecule has 1 saturated heterocycles. The Morgan fingerprint density at radius 3 is 2.37 bits per heavy atom. The molecular formula is C23H31ClN2O3S. The van der Waals surface area contributed by atoms with Gasteiger partial charge in [0.1, 0.15) is 0 Å². The number of aryl methyl sites for hydroxylation is 1. The van der Waals surface area contributed by atoms with Gasteiger partial charge in [0.15, 0.2) is 0 Å². The Hall–Kier alpha value is -1.11. The Balaban J connectivity index is 1.29. The maximum Gasteiger partial charge on any atom is 0.243 e. The fraction of sp³-hybridized carbons (Fsp3) is 0.696. The average molecular weight is 451 g/mol. The summed E-state index contributed by atoms with van der Waals surface area (Å²) >= 11 is 6.16. The van der Waals surface area contributed by atoms with E-state index in [0.717, 1.165) is 49.0 Å². The molecule has 1 atom stereocenters. The van der Waals surface area contributed by atoms with Gasteiger partial charge in [-0.25, -0.2) is 8.42 Å². The first-order chi connectivity index (χ1) is 14.2. The van der Waals surface area contributed by atoms with Crippen LogP contribution >= 0.6 is 11.6 Å². The largest absolute Gasteiger partial charge is 0.350 e. The van der Waals surface area contributed by atoms with E-state index in [9.17, 15) is 13.2 Å². The summed E-state index contributed by atoms with van der Waals surface area (Å²) in [6.45, 7) is 2.56. The summed E-state index contributed by atoms with van der Waals surface area (Å²) in [5, 5.41) is 3.89. The molecule has 6 rings (SSSR count). The predicted molar refractivity (Wildman–Crippen MR) is 117 cm³/mol. The predicted octanol–water partition coefficient (Wildman–Crippen LogP) is 4.13. The van der Waals surface area contributed by atoms with Gasteiger partial charge in [-0.2, -0.15) is 4.31 Å². The van der Waals surface area contributed by atoms with Gasteiger partial charge in [0.2, 0.25) is 15.9 Å². The minimum atomic E-state index is -3.65. The Morgan fingerprint density at radius 2 is 1.77 bits per heavy atom. The minimum absolute atomic E-state index is 0.0303. The number of amides is 1. The van der Waals surface area contributed by atoms with E-state index < -0.39 is 10.0 Å². The zero-order valence-electron chi connectivity index (χ0n) is 17.6. The van der Waals surface area contributed by atoms with Crippen LogP contribution in [0.1, 0.15) is 56.9 Å². The second-order valence-electron chi connectivity index (χ2n) is 10.3. The normalized spacial score (nSPS) is 36.1. The smallest absolute Gasteiger partial charge is 0.243 e. The third-order valence-corrected chi connectivity index (χ3v) is 10.2. The van der Waals surface area contributed by atoms with Crippen LogP contribution in [-0.2, 0) is 14.8 Å². The van der Waals surface area contributed by atoms with Gasteiger partial charge in [-0.1, -0.05) is 17.7 Å². The molecule has 0 aromatic heterocycles. The molecule has 164 valence electrons. The molecule has 1 aromatic carbocycles. The van der Waals surface area contributed by atoms with Crippen molar-refractivity contribution >= 4 is 27.5 Å². The van der Waals surface area contributed by atoms with Gasteiger partial charge in [0.25, 0.3) is 0 Å². The van der Waals surface area contributed by atoms with Gasteiger partial charge in [0, 0.05) is 23.7 Å². The number of halogens is 1. The Bertz CT molecular complexity index is 926. The molecule has 0 spiro atoms. The Labute approximate surface area is 184 Å². The van der Waals surface area contributed by atoms with Crippen LogP contribution in [-0.4, -0.2) is 37.3 Å². The van der Waals surface area contributed by atoms with Gasteiger partial charge in [-0.05, 0) is 93.7 Å². The Morgan fingerprint density at radius 1 is 1.13 bits per heavy atom. The number of rotatable bonds is 4. The maximum atomic E-state index is 13.2. The summed E-state index contributed by atoms with van der Waals surface area (Å²) in [4.78, 5) is 13.4. The fourth-order valence-electron chi connectivity index (χ4n) is 6.88. The molecule has 1 N–H and O–H groups in total. The van der Waals surface area contributed by atoms with Crippen molar-refractivity contribution < 1.29 is 13.2 Å². The second-order valence-corrected chi connectivity index (χ2v) is 12.6. The molecule has 5 aliphatic rings. The van der Waals surface area contributed by atoms with Crippen molar-refractivity contribution in [3.8, 4) is 0 Å². The molecule has 0 radical (unpaired) electrons. The molecule has 4 saturated carbocycles. The van der Waals surface area contributed by atoms with E-state index in [1.807, 2.05) is 6.92 Å². The van der Waals surface area contributed by atoms with Crippen molar-refractivity contribution in [2.24, 2.45) is 23.7 Å². The van der Waals surface area contributed by atoms with Gasteiger partial charge < -0.3 is 5.32 Å². The minimum Gasteiger partial charge on any atom is -0.350 e. The summed E-state index contributed by atoms with van der Waals surface area (Å²) in [6, 6.07) is 4.86. The van der Waals surface area contributed by atoms with Gasteiger partial charge >= 0.3 is 0 Å². The van der Waals surface area contributed by atoms with Crippen molar-refractivity contribution in [2.75, 3.05) is 13.1 Å². The monoisotopic (exact) mass is 450 g/mol. The summed E-state index contributed by atoms with van der Waals surface area (Å²) in [7, 11) is -3.65. The standard InChI is InChI=1S/C23H31ClN2O3S/c1-15-4-5-20(10-21(15)24)30(28,29)26-6-2-3-19(14-26)22(27)25-23-11-16-7-17(12-23)9-18(8-16)13-23/h4-5,10,16-19H,2-3,6-9,11-14H2,1H3,(H,25,27). The van der Waals surface area contributed by atoms with Crippen LogP contribution in [0.3, 0.4) is 0 Å². The molecule has 4 bridgehead atoms. The number of hydrogen-bond acceptors (Lipinski definition) is 3. The third kappa shape index (κ3) is 3.69. The first kappa shape index (κ1) is 20.8. The number of sulfonamides is 1. The lowest BCUT2D eigenvalue weighted by molar-refractivity contribution is -0.131. The fourth-order valence-corrected chi connectivity index (χ4v) is 8.68. The number of piperidine rings is 1.